The van der Waals surface area contributed by atoms with Crippen molar-refractivity contribution >= 4 is 19.4 Å². The Labute approximate surface area is 99.6 Å². The summed E-state index contributed by atoms with van der Waals surface area (Å²) in [5.74, 6) is 0.212. The third kappa shape index (κ3) is 2.69. The predicted molar refractivity (Wildman–Crippen MR) is 43.2 cm³/mol. The van der Waals surface area contributed by atoms with Gasteiger partial charge in [-0.15, -0.1) is 17.5 Å². The van der Waals surface area contributed by atoms with E-state index in [1.165, 1.54) is 0 Å². The first-order valence-electron chi connectivity index (χ1n) is 3.52. The molecule has 0 aromatic rings. The molecule has 0 heterocycles. The van der Waals surface area contributed by atoms with E-state index >= 15 is 0 Å². The topological polar surface area (TPSA) is 20.2 Å². The van der Waals surface area contributed by atoms with Crippen molar-refractivity contribution in [3.05, 3.63) is 6.92 Å². The van der Waals surface area contributed by atoms with Crippen LogP contribution in [0.1, 0.15) is 6.42 Å². The van der Waals surface area contributed by atoms with Crippen LogP contribution in [0.25, 0.3) is 0 Å². The second-order valence-corrected chi connectivity index (χ2v) is 3.44. The molecule has 4 atom stereocenters. The van der Waals surface area contributed by atoms with Crippen LogP contribution in [0.2, 0.25) is 6.32 Å². The summed E-state index contributed by atoms with van der Waals surface area (Å²) in [5.41, 5.74) is 0. The van der Waals surface area contributed by atoms with Crippen molar-refractivity contribution in [3.63, 3.8) is 0 Å². The van der Waals surface area contributed by atoms with E-state index in [2.05, 4.69) is 6.92 Å². The quantitative estimate of drug-likeness (QED) is 0.416. The van der Waals surface area contributed by atoms with Crippen LogP contribution in [0.15, 0.2) is 0 Å². The zero-order valence-electron chi connectivity index (χ0n) is 6.41. The van der Waals surface area contributed by atoms with Crippen molar-refractivity contribution in [2.45, 2.75) is 24.2 Å². The summed E-state index contributed by atoms with van der Waals surface area (Å²) in [6.45, 7) is 3.85. The van der Waals surface area contributed by atoms with Crippen LogP contribution in [0.4, 0.5) is 0 Å². The van der Waals surface area contributed by atoms with Crippen LogP contribution in [0, 0.1) is 18.8 Å². The molecule has 1 rings (SSSR count). The maximum atomic E-state index is 9.33. The minimum atomic E-state index is -0.338. The van der Waals surface area contributed by atoms with Crippen LogP contribution >= 0.6 is 11.6 Å². The summed E-state index contributed by atoms with van der Waals surface area (Å²) in [6.07, 6.45) is 0.783. The average Bonchev–Trinajstić information content (AvgIpc) is 2.09. The minimum absolute atomic E-state index is 0. The van der Waals surface area contributed by atoms with Crippen LogP contribution < -0.4 is 0 Å². The molecule has 3 radical (unpaired) electrons. The molecule has 1 aliphatic carbocycles. The summed E-state index contributed by atoms with van der Waals surface area (Å²) >= 11 is 5.85. The normalized spacial score (nSPS) is 43.5. The van der Waals surface area contributed by atoms with Gasteiger partial charge in [-0.2, -0.15) is 0 Å². The predicted octanol–water partition coefficient (Wildman–Crippen LogP) is 1.01. The number of aliphatic hydroxyl groups is 1. The molecule has 59 valence electrons. The van der Waals surface area contributed by atoms with Crippen LogP contribution in [0.3, 0.4) is 0 Å². The third-order valence-corrected chi connectivity index (χ3v) is 2.75. The minimum Gasteiger partial charge on any atom is -0.393 e. The van der Waals surface area contributed by atoms with Gasteiger partial charge in [-0.05, 0) is 12.3 Å². The first-order valence-corrected chi connectivity index (χ1v) is 3.95. The van der Waals surface area contributed by atoms with Gasteiger partial charge < -0.3 is 12.0 Å². The Hall–Kier alpha value is 1.42. The molecular formula is C7H11BClOY-. The average molecular weight is 246 g/mol. The summed E-state index contributed by atoms with van der Waals surface area (Å²) in [6, 6.07) is 0. The van der Waals surface area contributed by atoms with Gasteiger partial charge in [0, 0.05) is 38.1 Å². The Kier molecular flexibility index (Phi) is 5.89. The van der Waals surface area contributed by atoms with E-state index in [4.69, 9.17) is 19.4 Å². The molecule has 0 aromatic carbocycles. The van der Waals surface area contributed by atoms with Gasteiger partial charge in [0.2, 0.25) is 0 Å². The zero-order valence-corrected chi connectivity index (χ0v) is 10.0. The number of hydrogen-bond donors (Lipinski definition) is 1. The fraction of sp³-hybridized carbons (Fsp3) is 0.857. The molecule has 1 fully saturated rings. The summed E-state index contributed by atoms with van der Waals surface area (Å²) < 4.78 is 0. The maximum absolute atomic E-state index is 9.33. The van der Waals surface area contributed by atoms with Crippen molar-refractivity contribution in [2.75, 3.05) is 0 Å². The van der Waals surface area contributed by atoms with Crippen LogP contribution in [-0.2, 0) is 32.7 Å². The van der Waals surface area contributed by atoms with Gasteiger partial charge in [-0.25, -0.2) is 0 Å². The van der Waals surface area contributed by atoms with Crippen LogP contribution in [-0.4, -0.2) is 24.4 Å². The number of aliphatic hydroxyl groups excluding tert-OH is 1. The maximum Gasteiger partial charge on any atom is 0.0656 e. The Bertz CT molecular complexity index is 125. The molecule has 1 nitrogen and oxygen atoms in total. The zero-order chi connectivity index (χ0) is 7.72. The van der Waals surface area contributed by atoms with Crippen molar-refractivity contribution in [2.24, 2.45) is 11.8 Å². The van der Waals surface area contributed by atoms with Crippen molar-refractivity contribution < 1.29 is 37.8 Å². The van der Waals surface area contributed by atoms with Gasteiger partial charge in [0.05, 0.1) is 14.0 Å². The number of halogens is 1. The first kappa shape index (κ1) is 12.4. The molecule has 11 heavy (non-hydrogen) atoms. The van der Waals surface area contributed by atoms with Gasteiger partial charge >= 0.3 is 0 Å². The summed E-state index contributed by atoms with van der Waals surface area (Å²) in [7, 11) is 5.42. The Balaban J connectivity index is 0.000001000. The molecule has 1 N–H and O–H groups in total. The number of rotatable bonds is 1. The fourth-order valence-corrected chi connectivity index (χ4v) is 1.84. The third-order valence-electron chi connectivity index (χ3n) is 2.25. The second-order valence-electron chi connectivity index (χ2n) is 2.88. The molecule has 1 saturated carbocycles. The van der Waals surface area contributed by atoms with E-state index in [0.717, 1.165) is 0 Å². The fourth-order valence-electron chi connectivity index (χ4n) is 1.47. The van der Waals surface area contributed by atoms with Crippen molar-refractivity contribution in [3.8, 4) is 0 Å². The van der Waals surface area contributed by atoms with Gasteiger partial charge in [0.25, 0.3) is 0 Å². The van der Waals surface area contributed by atoms with E-state index in [1.807, 2.05) is 0 Å². The molecular weight excluding hydrogens is 235 g/mol. The van der Waals surface area contributed by atoms with Crippen molar-refractivity contribution in [1.29, 1.82) is 0 Å². The Morgan fingerprint density at radius 2 is 2.18 bits per heavy atom. The molecule has 0 aliphatic heterocycles. The Morgan fingerprint density at radius 1 is 1.64 bits per heavy atom. The molecule has 0 spiro atoms. The summed E-state index contributed by atoms with van der Waals surface area (Å²) in [5, 5.41) is 9.33. The van der Waals surface area contributed by atoms with E-state index in [0.29, 0.717) is 12.7 Å². The molecule has 0 aromatic heterocycles. The largest absolute Gasteiger partial charge is 0.393 e. The van der Waals surface area contributed by atoms with Gasteiger partial charge in [-0.1, -0.05) is 6.32 Å². The van der Waals surface area contributed by atoms with Gasteiger partial charge in [0.1, 0.15) is 0 Å². The van der Waals surface area contributed by atoms with E-state index in [9.17, 15) is 5.11 Å². The molecule has 0 saturated heterocycles. The van der Waals surface area contributed by atoms with E-state index in [-0.39, 0.29) is 56.0 Å². The molecule has 0 bridgehead atoms. The SMILES string of the molecule is [B]CC1C(O)CC(Cl)C1[CH2-].[Y]. The summed E-state index contributed by atoms with van der Waals surface area (Å²) in [4.78, 5) is 0. The monoisotopic (exact) mass is 246 g/mol. The number of alkyl halides is 1. The molecule has 4 heteroatoms. The Morgan fingerprint density at radius 3 is 2.36 bits per heavy atom. The van der Waals surface area contributed by atoms with Gasteiger partial charge in [-0.3, -0.25) is 0 Å². The standard InChI is InChI=1S/C7H11BClO.Y/c1-4-5(3-8)7(10)2-6(4)9;/h4-7,10H,1-3H2;/q-1;. The molecule has 0 amide bonds. The molecule has 1 aliphatic rings. The smallest absolute Gasteiger partial charge is 0.0656 e. The second kappa shape index (κ2) is 5.21. The van der Waals surface area contributed by atoms with E-state index in [1.54, 1.807) is 0 Å². The number of hydrogen-bond acceptors (Lipinski definition) is 1. The van der Waals surface area contributed by atoms with E-state index < -0.39 is 0 Å². The first-order chi connectivity index (χ1) is 4.66. The van der Waals surface area contributed by atoms with Crippen molar-refractivity contribution in [1.82, 2.24) is 0 Å². The van der Waals surface area contributed by atoms with Crippen LogP contribution in [0.5, 0.6) is 0 Å². The molecule has 4 unspecified atom stereocenters. The van der Waals surface area contributed by atoms with Gasteiger partial charge in [0.15, 0.2) is 0 Å².